The lowest BCUT2D eigenvalue weighted by molar-refractivity contribution is -0.120. The summed E-state index contributed by atoms with van der Waals surface area (Å²) in [6, 6.07) is 30.8. The number of benzene rings is 3. The van der Waals surface area contributed by atoms with Gasteiger partial charge in [-0.2, -0.15) is 0 Å². The molecule has 0 radical (unpaired) electrons. The molecule has 0 aliphatic heterocycles. The highest BCUT2D eigenvalue weighted by molar-refractivity contribution is 5.78. The van der Waals surface area contributed by atoms with Crippen LogP contribution in [0.5, 0.6) is 0 Å². The van der Waals surface area contributed by atoms with Gasteiger partial charge >= 0.3 is 0 Å². The van der Waals surface area contributed by atoms with Gasteiger partial charge in [-0.15, -0.1) is 0 Å². The predicted octanol–water partition coefficient (Wildman–Crippen LogP) is 3.78. The lowest BCUT2D eigenvalue weighted by Crippen LogP contribution is -2.40. The Morgan fingerprint density at radius 2 is 1.21 bits per heavy atom. The van der Waals surface area contributed by atoms with Crippen molar-refractivity contribution in [3.8, 4) is 0 Å². The largest absolute Gasteiger partial charge is 0.353 e. The van der Waals surface area contributed by atoms with Crippen LogP contribution in [0.2, 0.25) is 0 Å². The Balaban J connectivity index is 1.61. The molecule has 3 rings (SSSR count). The van der Waals surface area contributed by atoms with E-state index >= 15 is 0 Å². The lowest BCUT2D eigenvalue weighted by Gasteiger charge is -2.25. The highest BCUT2D eigenvalue weighted by atomic mass is 16.1. The standard InChI is InChI=1S/C25H29N3O/c1-28(2)23(20-12-6-3-7-13-20)18-26-24(29)19-27-25(21-14-8-4-9-15-21)22-16-10-5-11-17-22/h3-17,23,25,27H,18-19H2,1-2H3,(H,26,29). The van der Waals surface area contributed by atoms with Crippen LogP contribution in [0.15, 0.2) is 91.0 Å². The number of nitrogens with zero attached hydrogens (tertiary/aromatic N) is 1. The van der Waals surface area contributed by atoms with E-state index in [9.17, 15) is 4.79 Å². The first kappa shape index (κ1) is 20.8. The van der Waals surface area contributed by atoms with E-state index in [1.54, 1.807) is 0 Å². The van der Waals surface area contributed by atoms with Crippen LogP contribution in [0.3, 0.4) is 0 Å². The highest BCUT2D eigenvalue weighted by Gasteiger charge is 2.17. The third-order valence-corrected chi connectivity index (χ3v) is 5.03. The number of hydrogen-bond acceptors (Lipinski definition) is 3. The maximum absolute atomic E-state index is 12.6. The van der Waals surface area contributed by atoms with Gasteiger partial charge in [0.1, 0.15) is 0 Å². The molecule has 29 heavy (non-hydrogen) atoms. The Hall–Kier alpha value is -2.95. The van der Waals surface area contributed by atoms with Crippen LogP contribution in [0.1, 0.15) is 28.8 Å². The first-order valence-corrected chi connectivity index (χ1v) is 9.96. The predicted molar refractivity (Wildman–Crippen MR) is 119 cm³/mol. The van der Waals surface area contributed by atoms with Crippen molar-refractivity contribution in [2.45, 2.75) is 12.1 Å². The minimum Gasteiger partial charge on any atom is -0.353 e. The van der Waals surface area contributed by atoms with Crippen LogP contribution < -0.4 is 10.6 Å². The van der Waals surface area contributed by atoms with Crippen molar-refractivity contribution in [2.75, 3.05) is 27.2 Å². The van der Waals surface area contributed by atoms with Crippen molar-refractivity contribution < 1.29 is 4.79 Å². The van der Waals surface area contributed by atoms with Crippen LogP contribution >= 0.6 is 0 Å². The second-order valence-electron chi connectivity index (χ2n) is 7.33. The molecule has 1 unspecified atom stereocenters. The van der Waals surface area contributed by atoms with Crippen LogP contribution in [0, 0.1) is 0 Å². The second kappa shape index (κ2) is 10.6. The SMILES string of the molecule is CN(C)C(CNC(=O)CNC(c1ccccc1)c1ccccc1)c1ccccc1. The van der Waals surface area contributed by atoms with Crippen molar-refractivity contribution in [3.05, 3.63) is 108 Å². The van der Waals surface area contributed by atoms with E-state index in [1.807, 2.05) is 68.7 Å². The summed E-state index contributed by atoms with van der Waals surface area (Å²) < 4.78 is 0. The van der Waals surface area contributed by atoms with Crippen LogP contribution in [0.4, 0.5) is 0 Å². The fraction of sp³-hybridized carbons (Fsp3) is 0.240. The molecule has 0 saturated heterocycles. The van der Waals surface area contributed by atoms with Gasteiger partial charge in [-0.1, -0.05) is 91.0 Å². The molecule has 2 N–H and O–H groups in total. The molecule has 1 amide bonds. The van der Waals surface area contributed by atoms with Gasteiger partial charge in [0.25, 0.3) is 0 Å². The summed E-state index contributed by atoms with van der Waals surface area (Å²) in [5, 5.41) is 6.50. The van der Waals surface area contributed by atoms with Crippen molar-refractivity contribution in [2.24, 2.45) is 0 Å². The maximum Gasteiger partial charge on any atom is 0.234 e. The molecule has 0 fully saturated rings. The summed E-state index contributed by atoms with van der Waals surface area (Å²) in [6.45, 7) is 0.822. The Morgan fingerprint density at radius 3 is 1.66 bits per heavy atom. The van der Waals surface area contributed by atoms with Gasteiger partial charge < -0.3 is 10.2 Å². The molecule has 0 bridgehead atoms. The number of hydrogen-bond donors (Lipinski definition) is 2. The first-order chi connectivity index (χ1) is 14.1. The molecule has 0 aliphatic rings. The molecule has 0 heterocycles. The van der Waals surface area contributed by atoms with Gasteiger partial charge in [-0.05, 0) is 30.8 Å². The zero-order valence-corrected chi connectivity index (χ0v) is 17.1. The van der Waals surface area contributed by atoms with Gasteiger partial charge in [0.2, 0.25) is 5.91 Å². The summed E-state index contributed by atoms with van der Waals surface area (Å²) in [4.78, 5) is 14.7. The molecule has 4 heteroatoms. The van der Waals surface area contributed by atoms with Crippen LogP contribution in [-0.2, 0) is 4.79 Å². The zero-order valence-electron chi connectivity index (χ0n) is 17.1. The van der Waals surface area contributed by atoms with Crippen molar-refractivity contribution >= 4 is 5.91 Å². The average Bonchev–Trinajstić information content (AvgIpc) is 2.76. The molecule has 1 atom stereocenters. The molecule has 0 spiro atoms. The lowest BCUT2D eigenvalue weighted by atomic mass is 9.99. The fourth-order valence-electron chi connectivity index (χ4n) is 3.46. The average molecular weight is 388 g/mol. The van der Waals surface area contributed by atoms with Crippen molar-refractivity contribution in [1.29, 1.82) is 0 Å². The third kappa shape index (κ3) is 6.01. The minimum absolute atomic E-state index is 0.00959. The van der Waals surface area contributed by atoms with E-state index in [2.05, 4.69) is 51.9 Å². The molecule has 3 aromatic carbocycles. The van der Waals surface area contributed by atoms with E-state index < -0.39 is 0 Å². The summed E-state index contributed by atoms with van der Waals surface area (Å²) >= 11 is 0. The molecule has 0 saturated carbocycles. The van der Waals surface area contributed by atoms with Crippen LogP contribution in [-0.4, -0.2) is 38.0 Å². The van der Waals surface area contributed by atoms with E-state index in [4.69, 9.17) is 0 Å². The summed E-state index contributed by atoms with van der Waals surface area (Å²) in [7, 11) is 4.06. The number of nitrogens with one attached hydrogen (secondary N) is 2. The van der Waals surface area contributed by atoms with E-state index in [-0.39, 0.29) is 24.5 Å². The molecular weight excluding hydrogens is 358 g/mol. The van der Waals surface area contributed by atoms with Crippen LogP contribution in [0.25, 0.3) is 0 Å². The summed E-state index contributed by atoms with van der Waals surface area (Å²) in [5.74, 6) is -0.00959. The highest BCUT2D eigenvalue weighted by Crippen LogP contribution is 2.21. The molecule has 4 nitrogen and oxygen atoms in total. The molecule has 0 aliphatic carbocycles. The van der Waals surface area contributed by atoms with Gasteiger partial charge in [-0.3, -0.25) is 10.1 Å². The number of carbonyl (C=O) groups is 1. The first-order valence-electron chi connectivity index (χ1n) is 9.96. The zero-order chi connectivity index (χ0) is 20.5. The van der Waals surface area contributed by atoms with E-state index in [1.165, 1.54) is 5.56 Å². The molecule has 150 valence electrons. The minimum atomic E-state index is -0.0260. The maximum atomic E-state index is 12.6. The summed E-state index contributed by atoms with van der Waals surface area (Å²) in [6.07, 6.45) is 0. The third-order valence-electron chi connectivity index (χ3n) is 5.03. The van der Waals surface area contributed by atoms with Crippen molar-refractivity contribution in [1.82, 2.24) is 15.5 Å². The number of amides is 1. The Bertz CT molecular complexity index is 827. The smallest absolute Gasteiger partial charge is 0.234 e. The van der Waals surface area contributed by atoms with Crippen molar-refractivity contribution in [3.63, 3.8) is 0 Å². The quantitative estimate of drug-likeness (QED) is 0.587. The van der Waals surface area contributed by atoms with Gasteiger partial charge in [0, 0.05) is 6.54 Å². The Kier molecular flexibility index (Phi) is 7.56. The van der Waals surface area contributed by atoms with Gasteiger partial charge in [0.15, 0.2) is 0 Å². The van der Waals surface area contributed by atoms with Gasteiger partial charge in [0.05, 0.1) is 18.6 Å². The Morgan fingerprint density at radius 1 is 0.759 bits per heavy atom. The monoisotopic (exact) mass is 387 g/mol. The fourth-order valence-corrected chi connectivity index (χ4v) is 3.46. The Labute approximate surface area is 173 Å². The molecule has 3 aromatic rings. The molecular formula is C25H29N3O. The number of carbonyl (C=O) groups excluding carboxylic acids is 1. The normalized spacial score (nSPS) is 12.1. The molecule has 0 aromatic heterocycles. The van der Waals surface area contributed by atoms with E-state index in [0.29, 0.717) is 6.54 Å². The summed E-state index contributed by atoms with van der Waals surface area (Å²) in [5.41, 5.74) is 3.47. The second-order valence-corrected chi connectivity index (χ2v) is 7.33. The number of rotatable bonds is 9. The topological polar surface area (TPSA) is 44.4 Å². The van der Waals surface area contributed by atoms with E-state index in [0.717, 1.165) is 11.1 Å². The number of likely N-dealkylation sites (N-methyl/N-ethyl adjacent to an activating group) is 1. The van der Waals surface area contributed by atoms with Gasteiger partial charge in [-0.25, -0.2) is 0 Å².